The molecule has 8 rings (SSSR count). The number of benzene rings is 4. The zero-order chi connectivity index (χ0) is 31.0. The summed E-state index contributed by atoms with van der Waals surface area (Å²) in [5.41, 5.74) is 14.0. The van der Waals surface area contributed by atoms with Crippen molar-refractivity contribution < 1.29 is 0 Å². The maximum Gasteiger partial charge on any atom is 0.117 e. The standard InChI is InChI=1S/C40H28N6/c1-25-17-19-31-35(22-25)45-38(37(43-31)27-10-4-3-5-11-27)29-13-8-12-28(24-29)30-15-9-16-34(42-30)40-39(33-14-6-7-21-41-33)46-36-23-26(2)18-20-32(36)44-40/h3-24H,1-2H3. The van der Waals surface area contributed by atoms with Crippen molar-refractivity contribution in [2.45, 2.75) is 13.8 Å². The van der Waals surface area contributed by atoms with E-state index in [-0.39, 0.29) is 0 Å². The molecular weight excluding hydrogens is 564 g/mol. The summed E-state index contributed by atoms with van der Waals surface area (Å²) < 4.78 is 0. The summed E-state index contributed by atoms with van der Waals surface area (Å²) in [7, 11) is 0. The first-order valence-electron chi connectivity index (χ1n) is 15.2. The van der Waals surface area contributed by atoms with Gasteiger partial charge in [0.05, 0.1) is 50.5 Å². The molecule has 0 aliphatic carbocycles. The van der Waals surface area contributed by atoms with Crippen LogP contribution in [0.3, 0.4) is 0 Å². The topological polar surface area (TPSA) is 77.3 Å². The lowest BCUT2D eigenvalue weighted by Gasteiger charge is -2.13. The van der Waals surface area contributed by atoms with E-state index in [1.54, 1.807) is 6.20 Å². The van der Waals surface area contributed by atoms with Crippen molar-refractivity contribution in [3.8, 4) is 56.5 Å². The molecule has 0 spiro atoms. The molecule has 218 valence electrons. The number of nitrogens with zero attached hydrogens (tertiary/aromatic N) is 6. The van der Waals surface area contributed by atoms with E-state index in [9.17, 15) is 0 Å². The molecule has 0 saturated carbocycles. The van der Waals surface area contributed by atoms with Gasteiger partial charge in [-0.05, 0) is 79.6 Å². The van der Waals surface area contributed by atoms with Crippen LogP contribution in [0.5, 0.6) is 0 Å². The number of hydrogen-bond donors (Lipinski definition) is 0. The number of aryl methyl sites for hydroxylation is 2. The number of fused-ring (bicyclic) bond motifs is 2. The predicted molar refractivity (Wildman–Crippen MR) is 185 cm³/mol. The summed E-state index contributed by atoms with van der Waals surface area (Å²) in [5.74, 6) is 0. The van der Waals surface area contributed by atoms with E-state index in [0.717, 1.165) is 78.4 Å². The van der Waals surface area contributed by atoms with Crippen molar-refractivity contribution in [2.75, 3.05) is 0 Å². The van der Waals surface area contributed by atoms with Crippen LogP contribution in [0, 0.1) is 13.8 Å². The van der Waals surface area contributed by atoms with Crippen LogP contribution in [0.25, 0.3) is 78.6 Å². The Kier molecular flexibility index (Phi) is 6.80. The van der Waals surface area contributed by atoms with Gasteiger partial charge in [-0.2, -0.15) is 0 Å². The average molecular weight is 593 g/mol. The van der Waals surface area contributed by atoms with Crippen LogP contribution in [0.1, 0.15) is 11.1 Å². The minimum absolute atomic E-state index is 0.690. The second-order valence-corrected chi connectivity index (χ2v) is 11.4. The minimum atomic E-state index is 0.690. The van der Waals surface area contributed by atoms with Gasteiger partial charge in [0.15, 0.2) is 0 Å². The Bertz CT molecular complexity index is 2390. The van der Waals surface area contributed by atoms with Crippen LogP contribution >= 0.6 is 0 Å². The van der Waals surface area contributed by atoms with Crippen LogP contribution < -0.4 is 0 Å². The van der Waals surface area contributed by atoms with E-state index in [1.165, 1.54) is 0 Å². The average Bonchev–Trinajstić information content (AvgIpc) is 3.11. The molecule has 0 aliphatic heterocycles. The monoisotopic (exact) mass is 592 g/mol. The van der Waals surface area contributed by atoms with Crippen molar-refractivity contribution in [3.05, 3.63) is 145 Å². The van der Waals surface area contributed by atoms with Gasteiger partial charge in [-0.15, -0.1) is 0 Å². The largest absolute Gasteiger partial charge is 0.255 e. The SMILES string of the molecule is Cc1ccc2nc(-c3ccccc3)c(-c3cccc(-c4cccc(-c5nc6ccc(C)cc6nc5-c5ccccn5)n4)c3)nc2c1. The highest BCUT2D eigenvalue weighted by molar-refractivity contribution is 5.88. The number of aromatic nitrogens is 6. The van der Waals surface area contributed by atoms with Crippen LogP contribution in [0.15, 0.2) is 134 Å². The van der Waals surface area contributed by atoms with Crippen molar-refractivity contribution in [1.29, 1.82) is 0 Å². The van der Waals surface area contributed by atoms with Gasteiger partial charge in [0.25, 0.3) is 0 Å². The first-order chi connectivity index (χ1) is 22.6. The zero-order valence-corrected chi connectivity index (χ0v) is 25.4. The second-order valence-electron chi connectivity index (χ2n) is 11.4. The summed E-state index contributed by atoms with van der Waals surface area (Å²) in [4.78, 5) is 30.1. The molecular formula is C40H28N6. The van der Waals surface area contributed by atoms with Crippen molar-refractivity contribution in [3.63, 3.8) is 0 Å². The highest BCUT2D eigenvalue weighted by Crippen LogP contribution is 2.35. The Balaban J connectivity index is 1.27. The fourth-order valence-electron chi connectivity index (χ4n) is 5.74. The van der Waals surface area contributed by atoms with Gasteiger partial charge in [0, 0.05) is 22.9 Å². The van der Waals surface area contributed by atoms with Crippen LogP contribution in [-0.2, 0) is 0 Å². The molecule has 46 heavy (non-hydrogen) atoms. The molecule has 6 nitrogen and oxygen atoms in total. The molecule has 0 fully saturated rings. The molecule has 4 aromatic heterocycles. The van der Waals surface area contributed by atoms with E-state index < -0.39 is 0 Å². The fraction of sp³-hybridized carbons (Fsp3) is 0.0500. The van der Waals surface area contributed by atoms with E-state index >= 15 is 0 Å². The predicted octanol–water partition coefficient (Wildman–Crippen LogP) is 9.31. The maximum atomic E-state index is 5.15. The fourth-order valence-corrected chi connectivity index (χ4v) is 5.74. The second kappa shape index (κ2) is 11.4. The Morgan fingerprint density at radius 3 is 1.63 bits per heavy atom. The van der Waals surface area contributed by atoms with Gasteiger partial charge in [0.2, 0.25) is 0 Å². The van der Waals surface area contributed by atoms with Gasteiger partial charge in [0.1, 0.15) is 11.4 Å². The van der Waals surface area contributed by atoms with E-state index in [1.807, 2.05) is 72.8 Å². The van der Waals surface area contributed by atoms with Crippen LogP contribution in [-0.4, -0.2) is 29.9 Å². The molecule has 0 atom stereocenters. The number of hydrogen-bond acceptors (Lipinski definition) is 6. The quantitative estimate of drug-likeness (QED) is 0.198. The minimum Gasteiger partial charge on any atom is -0.255 e. The third-order valence-electron chi connectivity index (χ3n) is 8.02. The molecule has 8 aromatic rings. The summed E-state index contributed by atoms with van der Waals surface area (Å²) in [6.45, 7) is 4.13. The van der Waals surface area contributed by atoms with Gasteiger partial charge >= 0.3 is 0 Å². The highest BCUT2D eigenvalue weighted by Gasteiger charge is 2.18. The van der Waals surface area contributed by atoms with Gasteiger partial charge in [-0.3, -0.25) is 4.98 Å². The summed E-state index contributed by atoms with van der Waals surface area (Å²) in [6.07, 6.45) is 1.78. The van der Waals surface area contributed by atoms with Crippen molar-refractivity contribution >= 4 is 22.1 Å². The molecule has 0 bridgehead atoms. The lowest BCUT2D eigenvalue weighted by atomic mass is 10.00. The molecule has 4 heterocycles. The van der Waals surface area contributed by atoms with Gasteiger partial charge in [-0.1, -0.05) is 72.8 Å². The molecule has 0 unspecified atom stereocenters. The Hall–Kier alpha value is -6.14. The molecule has 6 heteroatoms. The van der Waals surface area contributed by atoms with Gasteiger partial charge in [-0.25, -0.2) is 24.9 Å². The molecule has 0 N–H and O–H groups in total. The zero-order valence-electron chi connectivity index (χ0n) is 25.4. The molecule has 0 aliphatic rings. The summed E-state index contributed by atoms with van der Waals surface area (Å²) >= 11 is 0. The third-order valence-corrected chi connectivity index (χ3v) is 8.02. The van der Waals surface area contributed by atoms with E-state index in [2.05, 4.69) is 73.4 Å². The normalized spacial score (nSPS) is 11.3. The Labute approximate surface area is 266 Å². The first-order valence-corrected chi connectivity index (χ1v) is 15.2. The highest BCUT2D eigenvalue weighted by atomic mass is 14.9. The maximum absolute atomic E-state index is 5.15. The Morgan fingerprint density at radius 2 is 0.891 bits per heavy atom. The molecule has 0 saturated heterocycles. The van der Waals surface area contributed by atoms with Crippen LogP contribution in [0.2, 0.25) is 0 Å². The number of pyridine rings is 2. The van der Waals surface area contributed by atoms with E-state index in [4.69, 9.17) is 24.9 Å². The van der Waals surface area contributed by atoms with Gasteiger partial charge < -0.3 is 0 Å². The summed E-state index contributed by atoms with van der Waals surface area (Å²) in [6, 6.07) is 42.7. The Morgan fingerprint density at radius 1 is 0.348 bits per heavy atom. The lowest BCUT2D eigenvalue weighted by molar-refractivity contribution is 1.20. The lowest BCUT2D eigenvalue weighted by Crippen LogP contribution is -1.99. The number of rotatable bonds is 5. The van der Waals surface area contributed by atoms with Crippen LogP contribution in [0.4, 0.5) is 0 Å². The van der Waals surface area contributed by atoms with Crippen molar-refractivity contribution in [1.82, 2.24) is 29.9 Å². The molecule has 0 radical (unpaired) electrons. The molecule has 4 aromatic carbocycles. The van der Waals surface area contributed by atoms with Crippen molar-refractivity contribution in [2.24, 2.45) is 0 Å². The summed E-state index contributed by atoms with van der Waals surface area (Å²) in [5, 5.41) is 0. The van der Waals surface area contributed by atoms with E-state index in [0.29, 0.717) is 11.4 Å². The third kappa shape index (κ3) is 5.16. The first kappa shape index (κ1) is 27.4. The molecule has 0 amide bonds. The smallest absolute Gasteiger partial charge is 0.117 e.